The van der Waals surface area contributed by atoms with Gasteiger partial charge in [0.15, 0.2) is 0 Å². The Morgan fingerprint density at radius 1 is 1.07 bits per heavy atom. The fourth-order valence-electron chi connectivity index (χ4n) is 3.17. The zero-order valence-corrected chi connectivity index (χ0v) is 15.8. The zero-order chi connectivity index (χ0) is 18.8. The summed E-state index contributed by atoms with van der Waals surface area (Å²) in [5.41, 5.74) is 9.58. The van der Waals surface area contributed by atoms with Crippen LogP contribution >= 0.6 is 23.2 Å². The third-order valence-corrected chi connectivity index (χ3v) is 4.83. The number of hydrogen-bond acceptors (Lipinski definition) is 3. The number of aliphatic imine (C=N–C) groups is 1. The van der Waals surface area contributed by atoms with Crippen LogP contribution < -0.4 is 11.1 Å². The zero-order valence-electron chi connectivity index (χ0n) is 14.3. The average Bonchev–Trinajstić information content (AvgIpc) is 3.02. The predicted molar refractivity (Wildman–Crippen MR) is 115 cm³/mol. The summed E-state index contributed by atoms with van der Waals surface area (Å²) in [7, 11) is 0. The van der Waals surface area contributed by atoms with Gasteiger partial charge in [0.05, 0.1) is 11.4 Å². The van der Waals surface area contributed by atoms with Crippen LogP contribution in [0, 0.1) is 0 Å². The molecule has 2 heterocycles. The molecule has 136 valence electrons. The molecule has 7 heteroatoms. The normalized spacial score (nSPS) is 11.6. The van der Waals surface area contributed by atoms with Crippen LogP contribution in [0.1, 0.15) is 5.56 Å². The first kappa shape index (κ1) is 17.6. The summed E-state index contributed by atoms with van der Waals surface area (Å²) in [5.74, 6) is 0.725. The summed E-state index contributed by atoms with van der Waals surface area (Å²) in [6.07, 6.45) is 3.71. The van der Waals surface area contributed by atoms with Crippen molar-refractivity contribution >= 4 is 62.9 Å². The monoisotopic (exact) mass is 397 g/mol. The van der Waals surface area contributed by atoms with Gasteiger partial charge in [-0.1, -0.05) is 23.2 Å². The molecule has 4 aromatic rings. The maximum atomic E-state index is 6.22. The predicted octanol–water partition coefficient (Wildman–Crippen LogP) is 5.30. The van der Waals surface area contributed by atoms with Crippen LogP contribution in [0.5, 0.6) is 0 Å². The molecule has 0 atom stereocenters. The van der Waals surface area contributed by atoms with Crippen molar-refractivity contribution in [1.82, 2.24) is 9.97 Å². The first-order valence-corrected chi connectivity index (χ1v) is 9.22. The summed E-state index contributed by atoms with van der Waals surface area (Å²) < 4.78 is 0. The number of aromatic amines is 1. The van der Waals surface area contributed by atoms with Crippen LogP contribution in [0.4, 0.5) is 11.5 Å². The Kier molecular flexibility index (Phi) is 4.88. The molecule has 0 unspecified atom stereocenters. The molecule has 0 saturated heterocycles. The van der Waals surface area contributed by atoms with Crippen molar-refractivity contribution < 1.29 is 0 Å². The number of pyridine rings is 1. The lowest BCUT2D eigenvalue weighted by Gasteiger charge is -2.09. The Labute approximate surface area is 166 Å². The van der Waals surface area contributed by atoms with E-state index < -0.39 is 0 Å². The molecule has 0 saturated carbocycles. The summed E-state index contributed by atoms with van der Waals surface area (Å²) in [6.45, 7) is 0.615. The van der Waals surface area contributed by atoms with E-state index >= 15 is 0 Å². The van der Waals surface area contributed by atoms with E-state index in [2.05, 4.69) is 32.4 Å². The number of H-pyrrole nitrogens is 1. The Balaban J connectivity index is 1.83. The number of anilines is 2. The maximum absolute atomic E-state index is 6.22. The van der Waals surface area contributed by atoms with E-state index in [1.165, 1.54) is 6.34 Å². The first-order valence-electron chi connectivity index (χ1n) is 8.46. The van der Waals surface area contributed by atoms with Crippen molar-refractivity contribution in [2.75, 3.05) is 11.9 Å². The molecular weight excluding hydrogens is 381 g/mol. The van der Waals surface area contributed by atoms with Crippen molar-refractivity contribution in [3.63, 3.8) is 0 Å². The smallest absolute Gasteiger partial charge is 0.130 e. The van der Waals surface area contributed by atoms with Gasteiger partial charge in [0.2, 0.25) is 0 Å². The van der Waals surface area contributed by atoms with Crippen molar-refractivity contribution in [2.45, 2.75) is 6.42 Å². The molecule has 2 aromatic carbocycles. The molecular formula is C20H17Cl2N5. The van der Waals surface area contributed by atoms with Gasteiger partial charge < -0.3 is 16.0 Å². The number of hydrogen-bond donors (Lipinski definition) is 3. The highest BCUT2D eigenvalue weighted by Gasteiger charge is 2.11. The van der Waals surface area contributed by atoms with Gasteiger partial charge in [-0.3, -0.25) is 4.99 Å². The fraction of sp³-hybridized carbons (Fsp3) is 0.100. The van der Waals surface area contributed by atoms with E-state index in [0.29, 0.717) is 16.6 Å². The highest BCUT2D eigenvalue weighted by molar-refractivity contribution is 6.32. The minimum atomic E-state index is 0.600. The number of nitrogens with one attached hydrogen (secondary N) is 2. The minimum Gasteiger partial charge on any atom is -0.390 e. The van der Waals surface area contributed by atoms with E-state index in [9.17, 15) is 0 Å². The number of nitrogens with two attached hydrogens (primary N) is 1. The molecule has 0 amide bonds. The van der Waals surface area contributed by atoms with Gasteiger partial charge in [0.1, 0.15) is 5.82 Å². The van der Waals surface area contributed by atoms with Gasteiger partial charge in [-0.25, -0.2) is 4.98 Å². The van der Waals surface area contributed by atoms with Crippen molar-refractivity contribution in [3.8, 4) is 0 Å². The van der Waals surface area contributed by atoms with E-state index in [0.717, 1.165) is 45.3 Å². The van der Waals surface area contributed by atoms with Crippen LogP contribution in [0.2, 0.25) is 10.0 Å². The summed E-state index contributed by atoms with van der Waals surface area (Å²) in [4.78, 5) is 11.9. The number of nitrogens with zero attached hydrogens (tertiary/aromatic N) is 2. The Morgan fingerprint density at radius 2 is 1.93 bits per heavy atom. The molecule has 0 fully saturated rings. The van der Waals surface area contributed by atoms with Crippen molar-refractivity contribution in [1.29, 1.82) is 0 Å². The molecule has 0 aliphatic rings. The Hall–Kier alpha value is -2.76. The number of benzene rings is 2. The molecule has 27 heavy (non-hydrogen) atoms. The lowest BCUT2D eigenvalue weighted by atomic mass is 10.0. The first-order chi connectivity index (χ1) is 13.1. The number of fused-ring (bicyclic) bond motifs is 3. The highest BCUT2D eigenvalue weighted by atomic mass is 35.5. The maximum Gasteiger partial charge on any atom is 0.130 e. The van der Waals surface area contributed by atoms with Crippen LogP contribution in [0.15, 0.2) is 53.7 Å². The van der Waals surface area contributed by atoms with Gasteiger partial charge in [-0.05, 0) is 54.4 Å². The van der Waals surface area contributed by atoms with Gasteiger partial charge in [0, 0.05) is 45.3 Å². The van der Waals surface area contributed by atoms with Gasteiger partial charge in [-0.2, -0.15) is 0 Å². The minimum absolute atomic E-state index is 0.600. The van der Waals surface area contributed by atoms with E-state index in [1.807, 2.05) is 24.3 Å². The third kappa shape index (κ3) is 3.70. The van der Waals surface area contributed by atoms with E-state index in [4.69, 9.17) is 28.9 Å². The lowest BCUT2D eigenvalue weighted by Crippen LogP contribution is -1.98. The third-order valence-electron chi connectivity index (χ3n) is 4.37. The molecule has 0 aliphatic carbocycles. The molecule has 0 aliphatic heterocycles. The van der Waals surface area contributed by atoms with Crippen LogP contribution in [-0.2, 0) is 6.42 Å². The highest BCUT2D eigenvalue weighted by Crippen LogP contribution is 2.33. The molecule has 4 rings (SSSR count). The second kappa shape index (κ2) is 7.47. The number of aromatic nitrogens is 2. The quantitative estimate of drug-likeness (QED) is 0.315. The summed E-state index contributed by atoms with van der Waals surface area (Å²) in [6, 6.07) is 13.7. The summed E-state index contributed by atoms with van der Waals surface area (Å²) in [5, 5.41) is 6.82. The summed E-state index contributed by atoms with van der Waals surface area (Å²) >= 11 is 12.1. The van der Waals surface area contributed by atoms with Gasteiger partial charge >= 0.3 is 0 Å². The van der Waals surface area contributed by atoms with E-state index in [1.54, 1.807) is 12.3 Å². The van der Waals surface area contributed by atoms with Gasteiger partial charge in [0.25, 0.3) is 0 Å². The molecule has 5 nitrogen and oxygen atoms in total. The molecule has 2 aromatic heterocycles. The molecule has 4 N–H and O–H groups in total. The molecule has 0 radical (unpaired) electrons. The lowest BCUT2D eigenvalue weighted by molar-refractivity contribution is 0.977. The number of rotatable bonds is 5. The number of halogens is 2. The second-order valence-corrected chi connectivity index (χ2v) is 7.04. The molecule has 0 spiro atoms. The molecule has 0 bridgehead atoms. The van der Waals surface area contributed by atoms with E-state index in [-0.39, 0.29) is 0 Å². The second-order valence-electron chi connectivity index (χ2n) is 6.16. The van der Waals surface area contributed by atoms with Crippen LogP contribution in [0.25, 0.3) is 21.8 Å². The van der Waals surface area contributed by atoms with Crippen molar-refractivity contribution in [2.24, 2.45) is 10.7 Å². The average molecular weight is 398 g/mol. The largest absolute Gasteiger partial charge is 0.390 e. The van der Waals surface area contributed by atoms with Gasteiger partial charge in [-0.15, -0.1) is 0 Å². The Bertz CT molecular complexity index is 1130. The SMILES string of the molecule is NC=NCCc1cc(Nc2ccc(Cl)cn2)cc2c1[nH]c1ccc(Cl)cc12. The van der Waals surface area contributed by atoms with Crippen molar-refractivity contribution in [3.05, 3.63) is 64.3 Å². The Morgan fingerprint density at radius 3 is 2.70 bits per heavy atom. The van der Waals surface area contributed by atoms with Crippen LogP contribution in [0.3, 0.4) is 0 Å². The fourth-order valence-corrected chi connectivity index (χ4v) is 3.46. The standard InChI is InChI=1S/C20H17Cl2N5/c21-13-1-3-18-16(8-13)17-9-15(26-19-4-2-14(22)10-25-19)7-12(20(17)27-18)5-6-24-11-23/h1-4,7-11,27H,5-6H2,(H2,23,24)(H,25,26). The topological polar surface area (TPSA) is 79.1 Å². The van der Waals surface area contributed by atoms with Crippen LogP contribution in [-0.4, -0.2) is 22.9 Å².